The van der Waals surface area contributed by atoms with Crippen LogP contribution in [0.1, 0.15) is 25.2 Å². The molecule has 6 heteroatoms. The molecule has 5 nitrogen and oxygen atoms in total. The molecular weight excluding hydrogens is 264 g/mol. The van der Waals surface area contributed by atoms with Gasteiger partial charge in [0.2, 0.25) is 0 Å². The number of nitriles is 1. The van der Waals surface area contributed by atoms with Gasteiger partial charge >= 0.3 is 0 Å². The molecule has 2 aromatic rings. The summed E-state index contributed by atoms with van der Waals surface area (Å²) in [5.74, 6) is 0.468. The SMILES string of the molecule is CC(N)c1nc2cccc(Cl)c2c(=O)n1CCC#N. The molecule has 2 rings (SSSR count). The Hall–Kier alpha value is -1.90. The van der Waals surface area contributed by atoms with Crippen molar-refractivity contribution < 1.29 is 0 Å². The highest BCUT2D eigenvalue weighted by molar-refractivity contribution is 6.35. The highest BCUT2D eigenvalue weighted by Gasteiger charge is 2.15. The van der Waals surface area contributed by atoms with Gasteiger partial charge in [-0.05, 0) is 19.1 Å². The number of hydrogen-bond donors (Lipinski definition) is 1. The Morgan fingerprint density at radius 1 is 1.58 bits per heavy atom. The first-order valence-electron chi connectivity index (χ1n) is 5.87. The minimum absolute atomic E-state index is 0.220. The number of aromatic nitrogens is 2. The van der Waals surface area contributed by atoms with E-state index in [1.807, 2.05) is 6.07 Å². The van der Waals surface area contributed by atoms with Crippen LogP contribution in [0.25, 0.3) is 10.9 Å². The highest BCUT2D eigenvalue weighted by atomic mass is 35.5. The van der Waals surface area contributed by atoms with E-state index in [0.29, 0.717) is 21.7 Å². The van der Waals surface area contributed by atoms with E-state index in [9.17, 15) is 4.79 Å². The molecule has 0 aliphatic carbocycles. The van der Waals surface area contributed by atoms with Crippen LogP contribution in [0.4, 0.5) is 0 Å². The summed E-state index contributed by atoms with van der Waals surface area (Å²) in [6.07, 6.45) is 0.220. The second-order valence-electron chi connectivity index (χ2n) is 4.26. The second-order valence-corrected chi connectivity index (χ2v) is 4.66. The summed E-state index contributed by atoms with van der Waals surface area (Å²) in [6.45, 7) is 2.02. The number of hydrogen-bond acceptors (Lipinski definition) is 4. The van der Waals surface area contributed by atoms with Crippen molar-refractivity contribution in [3.05, 3.63) is 39.4 Å². The van der Waals surface area contributed by atoms with Gasteiger partial charge in [0.15, 0.2) is 0 Å². The fourth-order valence-corrected chi connectivity index (χ4v) is 2.22. The van der Waals surface area contributed by atoms with Crippen molar-refractivity contribution >= 4 is 22.5 Å². The lowest BCUT2D eigenvalue weighted by Gasteiger charge is -2.15. The summed E-state index contributed by atoms with van der Waals surface area (Å²) in [4.78, 5) is 16.8. The van der Waals surface area contributed by atoms with Gasteiger partial charge in [-0.3, -0.25) is 9.36 Å². The Morgan fingerprint density at radius 3 is 2.95 bits per heavy atom. The van der Waals surface area contributed by atoms with E-state index in [4.69, 9.17) is 22.6 Å². The molecule has 0 saturated carbocycles. The molecule has 1 unspecified atom stereocenters. The molecule has 0 spiro atoms. The molecule has 98 valence electrons. The molecule has 0 radical (unpaired) electrons. The Kier molecular flexibility index (Phi) is 3.84. The van der Waals surface area contributed by atoms with Gasteiger partial charge in [-0.2, -0.15) is 5.26 Å². The normalized spacial score (nSPS) is 12.3. The van der Waals surface area contributed by atoms with Gasteiger partial charge in [-0.15, -0.1) is 0 Å². The summed E-state index contributed by atoms with van der Waals surface area (Å²) < 4.78 is 1.43. The van der Waals surface area contributed by atoms with Crippen LogP contribution in [0.2, 0.25) is 5.02 Å². The maximum absolute atomic E-state index is 12.5. The molecule has 0 bridgehead atoms. The van der Waals surface area contributed by atoms with Crippen LogP contribution in [0.3, 0.4) is 0 Å². The van der Waals surface area contributed by atoms with Gasteiger partial charge in [0.1, 0.15) is 5.82 Å². The van der Waals surface area contributed by atoms with Crippen molar-refractivity contribution in [3.63, 3.8) is 0 Å². The number of halogens is 1. The zero-order chi connectivity index (χ0) is 14.0. The minimum Gasteiger partial charge on any atom is -0.322 e. The van der Waals surface area contributed by atoms with Crippen LogP contribution in [0, 0.1) is 11.3 Å². The molecule has 1 aromatic heterocycles. The third kappa shape index (κ3) is 2.46. The molecule has 2 N–H and O–H groups in total. The topological polar surface area (TPSA) is 84.7 Å². The van der Waals surface area contributed by atoms with Crippen molar-refractivity contribution in [2.24, 2.45) is 5.73 Å². The van der Waals surface area contributed by atoms with Crippen molar-refractivity contribution in [2.75, 3.05) is 0 Å². The van der Waals surface area contributed by atoms with Gasteiger partial charge in [0.05, 0.1) is 34.5 Å². The lowest BCUT2D eigenvalue weighted by Crippen LogP contribution is -2.29. The van der Waals surface area contributed by atoms with E-state index in [1.54, 1.807) is 25.1 Å². The molecule has 1 heterocycles. The predicted octanol–water partition coefficient (Wildman–Crippen LogP) is 1.98. The Morgan fingerprint density at radius 2 is 2.32 bits per heavy atom. The van der Waals surface area contributed by atoms with E-state index in [-0.39, 0.29) is 18.5 Å². The maximum Gasteiger partial charge on any atom is 0.262 e. The van der Waals surface area contributed by atoms with E-state index >= 15 is 0 Å². The quantitative estimate of drug-likeness (QED) is 0.929. The third-order valence-corrected chi connectivity index (χ3v) is 3.13. The zero-order valence-electron chi connectivity index (χ0n) is 10.4. The molecular formula is C13H13ClN4O. The number of nitrogens with two attached hydrogens (primary N) is 1. The number of fused-ring (bicyclic) bond motifs is 1. The minimum atomic E-state index is -0.394. The number of benzene rings is 1. The maximum atomic E-state index is 12.5. The summed E-state index contributed by atoms with van der Waals surface area (Å²) in [5, 5.41) is 9.40. The van der Waals surface area contributed by atoms with E-state index in [2.05, 4.69) is 4.98 Å². The lowest BCUT2D eigenvalue weighted by molar-refractivity contribution is 0.586. The number of rotatable bonds is 3. The standard InChI is InChI=1S/C13H13ClN4O/c1-8(16)12-17-10-5-2-4-9(14)11(10)13(19)18(12)7-3-6-15/h2,4-5,8H,3,7,16H2,1H3. The van der Waals surface area contributed by atoms with Gasteiger partial charge in [0.25, 0.3) is 5.56 Å². The lowest BCUT2D eigenvalue weighted by atomic mass is 10.2. The molecule has 0 amide bonds. The van der Waals surface area contributed by atoms with Gasteiger partial charge in [0, 0.05) is 6.54 Å². The predicted molar refractivity (Wildman–Crippen MR) is 73.8 cm³/mol. The zero-order valence-corrected chi connectivity index (χ0v) is 11.2. The second kappa shape index (κ2) is 5.39. The Labute approximate surface area is 115 Å². The fourth-order valence-electron chi connectivity index (χ4n) is 1.97. The van der Waals surface area contributed by atoms with Crippen LogP contribution in [-0.4, -0.2) is 9.55 Å². The van der Waals surface area contributed by atoms with E-state index in [0.717, 1.165) is 0 Å². The van der Waals surface area contributed by atoms with Crippen LogP contribution >= 0.6 is 11.6 Å². The Bertz CT molecular complexity index is 715. The van der Waals surface area contributed by atoms with Gasteiger partial charge in [-0.25, -0.2) is 4.98 Å². The largest absolute Gasteiger partial charge is 0.322 e. The third-order valence-electron chi connectivity index (χ3n) is 2.82. The first-order valence-corrected chi connectivity index (χ1v) is 6.25. The highest BCUT2D eigenvalue weighted by Crippen LogP contribution is 2.20. The van der Waals surface area contributed by atoms with E-state index in [1.165, 1.54) is 4.57 Å². The van der Waals surface area contributed by atoms with Gasteiger partial charge in [-0.1, -0.05) is 17.7 Å². The van der Waals surface area contributed by atoms with Crippen LogP contribution in [0.15, 0.2) is 23.0 Å². The smallest absolute Gasteiger partial charge is 0.262 e. The summed E-state index contributed by atoms with van der Waals surface area (Å²) in [6, 6.07) is 6.73. The summed E-state index contributed by atoms with van der Waals surface area (Å²) in [5.41, 5.74) is 6.12. The Balaban J connectivity index is 2.80. The van der Waals surface area contributed by atoms with Crippen LogP contribution in [-0.2, 0) is 6.54 Å². The van der Waals surface area contributed by atoms with Crippen molar-refractivity contribution in [1.29, 1.82) is 5.26 Å². The van der Waals surface area contributed by atoms with E-state index < -0.39 is 6.04 Å². The first-order chi connectivity index (χ1) is 9.06. The first kappa shape index (κ1) is 13.5. The molecule has 0 aliphatic heterocycles. The van der Waals surface area contributed by atoms with Crippen LogP contribution < -0.4 is 11.3 Å². The van der Waals surface area contributed by atoms with Crippen molar-refractivity contribution in [3.8, 4) is 6.07 Å². The average molecular weight is 277 g/mol. The molecule has 0 fully saturated rings. The summed E-state index contributed by atoms with van der Waals surface area (Å²) >= 11 is 6.05. The average Bonchev–Trinajstić information content (AvgIpc) is 2.37. The summed E-state index contributed by atoms with van der Waals surface area (Å²) in [7, 11) is 0. The van der Waals surface area contributed by atoms with Crippen LogP contribution in [0.5, 0.6) is 0 Å². The molecule has 19 heavy (non-hydrogen) atoms. The van der Waals surface area contributed by atoms with Crippen molar-refractivity contribution in [1.82, 2.24) is 9.55 Å². The molecule has 1 aromatic carbocycles. The van der Waals surface area contributed by atoms with Gasteiger partial charge < -0.3 is 5.73 Å². The van der Waals surface area contributed by atoms with Crippen molar-refractivity contribution in [2.45, 2.75) is 25.9 Å². The monoisotopic (exact) mass is 276 g/mol. The molecule has 0 aliphatic rings. The fraction of sp³-hybridized carbons (Fsp3) is 0.308. The molecule has 1 atom stereocenters. The number of nitrogens with zero attached hydrogens (tertiary/aromatic N) is 3. The molecule has 0 saturated heterocycles.